The summed E-state index contributed by atoms with van der Waals surface area (Å²) in [5, 5.41) is 8.80. The molecule has 1 aromatic carbocycles. The summed E-state index contributed by atoms with van der Waals surface area (Å²) in [4.78, 5) is 4.40. The standard InChI is InChI=1S/C19H20N2O/c1-2-3-4-5-6-13-22-18-11-12-19(21-15-18)17-9-7-16(14-20)8-10-17/h5-12,15H,2-4,13H2,1H3. The second-order valence-electron chi connectivity index (χ2n) is 4.99. The Bertz CT molecular complexity index is 637. The molecule has 3 heteroatoms. The molecule has 112 valence electrons. The number of nitrogens with zero attached hydrogens (tertiary/aromatic N) is 2. The summed E-state index contributed by atoms with van der Waals surface area (Å²) in [6, 6.07) is 13.3. The average molecular weight is 292 g/mol. The Morgan fingerprint density at radius 1 is 1.14 bits per heavy atom. The zero-order chi connectivity index (χ0) is 15.6. The van der Waals surface area contributed by atoms with E-state index in [1.807, 2.05) is 30.3 Å². The van der Waals surface area contributed by atoms with Crippen molar-refractivity contribution in [2.75, 3.05) is 6.61 Å². The van der Waals surface area contributed by atoms with Crippen LogP contribution in [-0.4, -0.2) is 11.6 Å². The third-order valence-electron chi connectivity index (χ3n) is 3.28. The third-order valence-corrected chi connectivity index (χ3v) is 3.28. The summed E-state index contributed by atoms with van der Waals surface area (Å²) in [7, 11) is 0. The molecule has 0 saturated heterocycles. The van der Waals surface area contributed by atoms with Crippen molar-refractivity contribution in [3.63, 3.8) is 0 Å². The largest absolute Gasteiger partial charge is 0.488 e. The maximum absolute atomic E-state index is 8.80. The van der Waals surface area contributed by atoms with Gasteiger partial charge in [0.15, 0.2) is 0 Å². The topological polar surface area (TPSA) is 45.9 Å². The predicted octanol–water partition coefficient (Wildman–Crippen LogP) is 4.75. The van der Waals surface area contributed by atoms with Gasteiger partial charge in [-0.25, -0.2) is 0 Å². The number of ether oxygens (including phenoxy) is 1. The van der Waals surface area contributed by atoms with Gasteiger partial charge in [0, 0.05) is 5.56 Å². The molecule has 0 radical (unpaired) electrons. The highest BCUT2D eigenvalue weighted by Crippen LogP contribution is 2.19. The van der Waals surface area contributed by atoms with E-state index in [4.69, 9.17) is 10.00 Å². The van der Waals surface area contributed by atoms with Crippen LogP contribution in [0, 0.1) is 11.3 Å². The first-order valence-corrected chi connectivity index (χ1v) is 7.58. The van der Waals surface area contributed by atoms with E-state index < -0.39 is 0 Å². The van der Waals surface area contributed by atoms with Crippen LogP contribution in [-0.2, 0) is 0 Å². The molecule has 0 N–H and O–H groups in total. The van der Waals surface area contributed by atoms with Gasteiger partial charge in [-0.2, -0.15) is 5.26 Å². The van der Waals surface area contributed by atoms with Gasteiger partial charge >= 0.3 is 0 Å². The van der Waals surface area contributed by atoms with Gasteiger partial charge in [0.2, 0.25) is 0 Å². The number of hydrogen-bond donors (Lipinski definition) is 0. The van der Waals surface area contributed by atoms with E-state index in [1.54, 1.807) is 18.3 Å². The summed E-state index contributed by atoms with van der Waals surface area (Å²) < 4.78 is 5.62. The normalized spacial score (nSPS) is 10.5. The predicted molar refractivity (Wildman–Crippen MR) is 88.5 cm³/mol. The Morgan fingerprint density at radius 2 is 1.95 bits per heavy atom. The van der Waals surface area contributed by atoms with Crippen molar-refractivity contribution in [2.24, 2.45) is 0 Å². The minimum atomic E-state index is 0.571. The molecule has 0 bridgehead atoms. The van der Waals surface area contributed by atoms with E-state index in [-0.39, 0.29) is 0 Å². The molecule has 0 saturated carbocycles. The highest BCUT2D eigenvalue weighted by Gasteiger charge is 2.00. The molecule has 0 unspecified atom stereocenters. The van der Waals surface area contributed by atoms with Crippen LogP contribution in [0.2, 0.25) is 0 Å². The molecule has 0 aliphatic rings. The van der Waals surface area contributed by atoms with Crippen molar-refractivity contribution in [1.29, 1.82) is 5.26 Å². The van der Waals surface area contributed by atoms with Gasteiger partial charge in [-0.05, 0) is 30.7 Å². The van der Waals surface area contributed by atoms with Crippen LogP contribution in [0.1, 0.15) is 31.7 Å². The monoisotopic (exact) mass is 292 g/mol. The number of unbranched alkanes of at least 4 members (excludes halogenated alkanes) is 2. The second kappa shape index (κ2) is 8.63. The van der Waals surface area contributed by atoms with E-state index in [9.17, 15) is 0 Å². The Morgan fingerprint density at radius 3 is 2.59 bits per heavy atom. The number of benzene rings is 1. The number of nitriles is 1. The fourth-order valence-electron chi connectivity index (χ4n) is 2.00. The number of aromatic nitrogens is 1. The SMILES string of the molecule is CCCCC=CCOc1ccc(-c2ccc(C#N)cc2)nc1. The van der Waals surface area contributed by atoms with Crippen LogP contribution in [0.25, 0.3) is 11.3 Å². The second-order valence-corrected chi connectivity index (χ2v) is 4.99. The van der Waals surface area contributed by atoms with Crippen LogP contribution in [0.15, 0.2) is 54.7 Å². The first-order chi connectivity index (χ1) is 10.8. The van der Waals surface area contributed by atoms with E-state index in [0.717, 1.165) is 23.4 Å². The Hall–Kier alpha value is -2.60. The maximum atomic E-state index is 8.80. The minimum Gasteiger partial charge on any atom is -0.488 e. The molecule has 1 aromatic heterocycles. The summed E-state index contributed by atoms with van der Waals surface area (Å²) >= 11 is 0. The van der Waals surface area contributed by atoms with Crippen molar-refractivity contribution in [1.82, 2.24) is 4.98 Å². The highest BCUT2D eigenvalue weighted by molar-refractivity contribution is 5.60. The molecule has 0 aliphatic carbocycles. The first kappa shape index (κ1) is 15.8. The van der Waals surface area contributed by atoms with Crippen LogP contribution in [0.3, 0.4) is 0 Å². The first-order valence-electron chi connectivity index (χ1n) is 7.58. The Kier molecular flexibility index (Phi) is 6.19. The van der Waals surface area contributed by atoms with Gasteiger partial charge in [0.1, 0.15) is 12.4 Å². The molecular weight excluding hydrogens is 272 g/mol. The van der Waals surface area contributed by atoms with Crippen molar-refractivity contribution in [3.05, 3.63) is 60.3 Å². The van der Waals surface area contributed by atoms with Gasteiger partial charge in [-0.3, -0.25) is 4.98 Å². The lowest BCUT2D eigenvalue weighted by Gasteiger charge is -2.05. The lowest BCUT2D eigenvalue weighted by Crippen LogP contribution is -1.94. The van der Waals surface area contributed by atoms with Gasteiger partial charge in [-0.1, -0.05) is 44.1 Å². The molecule has 22 heavy (non-hydrogen) atoms. The highest BCUT2D eigenvalue weighted by atomic mass is 16.5. The van der Waals surface area contributed by atoms with Gasteiger partial charge in [0.05, 0.1) is 23.5 Å². The molecule has 3 nitrogen and oxygen atoms in total. The number of allylic oxidation sites excluding steroid dienone is 1. The number of pyridine rings is 1. The van der Waals surface area contributed by atoms with Crippen LogP contribution >= 0.6 is 0 Å². The smallest absolute Gasteiger partial charge is 0.138 e. The molecule has 0 amide bonds. The van der Waals surface area contributed by atoms with E-state index >= 15 is 0 Å². The number of hydrogen-bond acceptors (Lipinski definition) is 3. The van der Waals surface area contributed by atoms with Crippen LogP contribution in [0.5, 0.6) is 5.75 Å². The summed E-state index contributed by atoms with van der Waals surface area (Å²) in [5.41, 5.74) is 2.51. The summed E-state index contributed by atoms with van der Waals surface area (Å²) in [6.45, 7) is 2.76. The lowest BCUT2D eigenvalue weighted by molar-refractivity contribution is 0.361. The van der Waals surface area contributed by atoms with Gasteiger partial charge < -0.3 is 4.74 Å². The molecule has 0 spiro atoms. The van der Waals surface area contributed by atoms with Gasteiger partial charge in [-0.15, -0.1) is 0 Å². The lowest BCUT2D eigenvalue weighted by atomic mass is 10.1. The van der Waals surface area contributed by atoms with Crippen molar-refractivity contribution >= 4 is 0 Å². The Balaban J connectivity index is 1.89. The number of rotatable bonds is 7. The maximum Gasteiger partial charge on any atom is 0.138 e. The molecule has 2 aromatic rings. The average Bonchev–Trinajstić information content (AvgIpc) is 2.59. The molecule has 2 rings (SSSR count). The minimum absolute atomic E-state index is 0.571. The molecule has 0 fully saturated rings. The summed E-state index contributed by atoms with van der Waals surface area (Å²) in [6.07, 6.45) is 9.47. The molecule has 1 heterocycles. The van der Waals surface area contributed by atoms with Crippen LogP contribution in [0.4, 0.5) is 0 Å². The van der Waals surface area contributed by atoms with E-state index in [1.165, 1.54) is 12.8 Å². The van der Waals surface area contributed by atoms with Crippen molar-refractivity contribution in [3.8, 4) is 23.1 Å². The van der Waals surface area contributed by atoms with Gasteiger partial charge in [0.25, 0.3) is 0 Å². The zero-order valence-corrected chi connectivity index (χ0v) is 12.8. The molecule has 0 aliphatic heterocycles. The van der Waals surface area contributed by atoms with E-state index in [0.29, 0.717) is 12.2 Å². The van der Waals surface area contributed by atoms with Crippen molar-refractivity contribution in [2.45, 2.75) is 26.2 Å². The zero-order valence-electron chi connectivity index (χ0n) is 12.8. The molecular formula is C19H20N2O. The molecule has 0 atom stereocenters. The van der Waals surface area contributed by atoms with Crippen LogP contribution < -0.4 is 4.74 Å². The Labute approximate surface area is 131 Å². The van der Waals surface area contributed by atoms with E-state index in [2.05, 4.69) is 24.1 Å². The quantitative estimate of drug-likeness (QED) is 0.546. The fraction of sp³-hybridized carbons (Fsp3) is 0.263. The fourth-order valence-corrected chi connectivity index (χ4v) is 2.00. The van der Waals surface area contributed by atoms with Crippen molar-refractivity contribution < 1.29 is 4.74 Å². The third kappa shape index (κ3) is 4.75. The summed E-state index contributed by atoms with van der Waals surface area (Å²) in [5.74, 6) is 0.762.